The number of hydrogen-bond acceptors (Lipinski definition) is 5. The molecule has 0 saturated heterocycles. The Kier molecular flexibility index (Phi) is 8.09. The number of hydrogen-bond donors (Lipinski definition) is 0. The molecule has 53 heavy (non-hydrogen) atoms. The number of fused-ring (bicyclic) bond motifs is 2. The van der Waals surface area contributed by atoms with E-state index in [4.69, 9.17) is 19.7 Å². The number of ether oxygens (including phenoxy) is 1. The summed E-state index contributed by atoms with van der Waals surface area (Å²) in [6.07, 6.45) is 0. The highest BCUT2D eigenvalue weighted by molar-refractivity contribution is 5.90. The SMILES string of the molecule is CC1(C)c2cc(-c3ccccc3)ccc2N(c2ccccc2Oc2nc(-c3ccccc3)nc(-c3ccccc3)n2)c2ccc(-c3ccccc3)cc21. The van der Waals surface area contributed by atoms with E-state index in [1.54, 1.807) is 0 Å². The van der Waals surface area contributed by atoms with Gasteiger partial charge in [0.15, 0.2) is 17.4 Å². The highest BCUT2D eigenvalue weighted by Crippen LogP contribution is 2.55. The Balaban J connectivity index is 1.21. The monoisotopic (exact) mass is 684 g/mol. The standard InChI is InChI=1S/C48H36N4O/c1-48(2)39-31-37(33-17-7-3-8-18-33)27-29-41(39)52(42-30-28-38(32-40(42)48)34-19-9-4-10-20-34)43-25-15-16-26-44(43)53-47-50-45(35-21-11-5-12-22-35)49-46(51-47)36-23-13-6-14-24-36/h3-32H,1-2H3. The van der Waals surface area contributed by atoms with Crippen LogP contribution in [0.5, 0.6) is 11.8 Å². The van der Waals surface area contributed by atoms with Gasteiger partial charge in [-0.05, 0) is 69.8 Å². The molecule has 0 radical (unpaired) electrons. The first-order chi connectivity index (χ1) is 26.0. The van der Waals surface area contributed by atoms with Crippen LogP contribution in [0.3, 0.4) is 0 Å². The summed E-state index contributed by atoms with van der Waals surface area (Å²) in [7, 11) is 0. The number of nitrogens with zero attached hydrogens (tertiary/aromatic N) is 4. The van der Waals surface area contributed by atoms with Crippen molar-refractivity contribution in [1.82, 2.24) is 15.0 Å². The molecule has 5 heteroatoms. The Labute approximate surface area is 309 Å². The quantitative estimate of drug-likeness (QED) is 0.167. The molecule has 0 atom stereocenters. The number of benzene rings is 7. The van der Waals surface area contributed by atoms with Crippen molar-refractivity contribution >= 4 is 17.1 Å². The summed E-state index contributed by atoms with van der Waals surface area (Å²) in [6.45, 7) is 4.66. The van der Waals surface area contributed by atoms with E-state index in [1.807, 2.05) is 72.8 Å². The second-order valence-electron chi connectivity index (χ2n) is 13.7. The van der Waals surface area contributed by atoms with Crippen LogP contribution < -0.4 is 9.64 Å². The molecule has 8 aromatic rings. The largest absolute Gasteiger partial charge is 0.422 e. The Morgan fingerprint density at radius 2 is 0.811 bits per heavy atom. The molecule has 2 heterocycles. The zero-order valence-electron chi connectivity index (χ0n) is 29.5. The lowest BCUT2D eigenvalue weighted by molar-refractivity contribution is 0.442. The van der Waals surface area contributed by atoms with Gasteiger partial charge in [0, 0.05) is 16.5 Å². The summed E-state index contributed by atoms with van der Waals surface area (Å²) in [6, 6.07) is 63.0. The number of rotatable bonds is 7. The summed E-state index contributed by atoms with van der Waals surface area (Å²) >= 11 is 0. The lowest BCUT2D eigenvalue weighted by atomic mass is 9.72. The number of para-hydroxylation sites is 2. The summed E-state index contributed by atoms with van der Waals surface area (Å²) in [5.41, 5.74) is 11.7. The van der Waals surface area contributed by atoms with Gasteiger partial charge >= 0.3 is 6.01 Å². The molecule has 254 valence electrons. The second-order valence-corrected chi connectivity index (χ2v) is 13.7. The fraction of sp³-hybridized carbons (Fsp3) is 0.0625. The molecule has 0 N–H and O–H groups in total. The van der Waals surface area contributed by atoms with Gasteiger partial charge in [-0.1, -0.05) is 159 Å². The molecule has 0 fully saturated rings. The summed E-state index contributed by atoms with van der Waals surface area (Å²) in [4.78, 5) is 16.9. The van der Waals surface area contributed by atoms with Crippen molar-refractivity contribution in [2.45, 2.75) is 19.3 Å². The fourth-order valence-corrected chi connectivity index (χ4v) is 7.28. The van der Waals surface area contributed by atoms with Crippen LogP contribution in [-0.4, -0.2) is 15.0 Å². The summed E-state index contributed by atoms with van der Waals surface area (Å²) < 4.78 is 6.75. The third-order valence-corrected chi connectivity index (χ3v) is 10.0. The first-order valence-electron chi connectivity index (χ1n) is 17.9. The maximum atomic E-state index is 6.75. The minimum atomic E-state index is -0.310. The van der Waals surface area contributed by atoms with Crippen LogP contribution in [0.25, 0.3) is 45.0 Å². The van der Waals surface area contributed by atoms with E-state index in [2.05, 4.69) is 128 Å². The van der Waals surface area contributed by atoms with Crippen molar-refractivity contribution in [2.24, 2.45) is 0 Å². The zero-order chi connectivity index (χ0) is 35.8. The van der Waals surface area contributed by atoms with Gasteiger partial charge in [0.25, 0.3) is 0 Å². The molecule has 1 aromatic heterocycles. The van der Waals surface area contributed by atoms with E-state index in [-0.39, 0.29) is 11.4 Å². The van der Waals surface area contributed by atoms with E-state index >= 15 is 0 Å². The maximum Gasteiger partial charge on any atom is 0.326 e. The molecule has 5 nitrogen and oxygen atoms in total. The number of anilines is 3. The van der Waals surface area contributed by atoms with Gasteiger partial charge in [-0.3, -0.25) is 0 Å². The van der Waals surface area contributed by atoms with Crippen molar-refractivity contribution in [2.75, 3.05) is 4.90 Å². The Morgan fingerprint density at radius 1 is 0.396 bits per heavy atom. The molecular weight excluding hydrogens is 649 g/mol. The molecule has 0 amide bonds. The van der Waals surface area contributed by atoms with Gasteiger partial charge < -0.3 is 9.64 Å². The maximum absolute atomic E-state index is 6.75. The Morgan fingerprint density at radius 3 is 1.28 bits per heavy atom. The van der Waals surface area contributed by atoms with Crippen LogP contribution in [-0.2, 0) is 5.41 Å². The van der Waals surface area contributed by atoms with Gasteiger partial charge in [0.05, 0.1) is 17.1 Å². The number of aromatic nitrogens is 3. The van der Waals surface area contributed by atoms with E-state index < -0.39 is 0 Å². The highest BCUT2D eigenvalue weighted by Gasteiger charge is 2.38. The lowest BCUT2D eigenvalue weighted by Crippen LogP contribution is -2.31. The molecule has 0 unspecified atom stereocenters. The Bertz CT molecular complexity index is 2400. The molecule has 0 spiro atoms. The normalized spacial score (nSPS) is 12.8. The first-order valence-corrected chi connectivity index (χ1v) is 17.9. The van der Waals surface area contributed by atoms with Crippen LogP contribution in [0.15, 0.2) is 182 Å². The lowest BCUT2D eigenvalue weighted by Gasteiger charge is -2.42. The molecule has 9 rings (SSSR count). The Hall–Kier alpha value is -6.85. The van der Waals surface area contributed by atoms with Gasteiger partial charge in [0.2, 0.25) is 0 Å². The van der Waals surface area contributed by atoms with Gasteiger partial charge in [-0.15, -0.1) is 0 Å². The van der Waals surface area contributed by atoms with Gasteiger partial charge in [-0.25, -0.2) is 4.98 Å². The average molecular weight is 685 g/mol. The predicted octanol–water partition coefficient (Wildman–Crippen LogP) is 12.4. The van der Waals surface area contributed by atoms with Crippen molar-refractivity contribution in [3.05, 3.63) is 193 Å². The fourth-order valence-electron chi connectivity index (χ4n) is 7.28. The topological polar surface area (TPSA) is 51.1 Å². The second kappa shape index (κ2) is 13.4. The summed E-state index contributed by atoms with van der Waals surface area (Å²) in [5.74, 6) is 1.72. The van der Waals surface area contributed by atoms with Gasteiger partial charge in [0.1, 0.15) is 0 Å². The highest BCUT2D eigenvalue weighted by atomic mass is 16.5. The van der Waals surface area contributed by atoms with Crippen molar-refractivity contribution in [1.29, 1.82) is 0 Å². The third kappa shape index (κ3) is 6.02. The third-order valence-electron chi connectivity index (χ3n) is 10.0. The smallest absolute Gasteiger partial charge is 0.326 e. The minimum absolute atomic E-state index is 0.224. The minimum Gasteiger partial charge on any atom is -0.422 e. The molecule has 1 aliphatic heterocycles. The first kappa shape index (κ1) is 32.1. The van der Waals surface area contributed by atoms with E-state index in [0.29, 0.717) is 17.4 Å². The van der Waals surface area contributed by atoms with Crippen molar-refractivity contribution < 1.29 is 4.74 Å². The molecule has 0 saturated carbocycles. The van der Waals surface area contributed by atoms with Crippen LogP contribution >= 0.6 is 0 Å². The molecule has 1 aliphatic rings. The van der Waals surface area contributed by atoms with E-state index in [1.165, 1.54) is 33.4 Å². The van der Waals surface area contributed by atoms with Crippen LogP contribution in [0.2, 0.25) is 0 Å². The molecule has 7 aromatic carbocycles. The summed E-state index contributed by atoms with van der Waals surface area (Å²) in [5, 5.41) is 0. The molecule has 0 aliphatic carbocycles. The van der Waals surface area contributed by atoms with Gasteiger partial charge in [-0.2, -0.15) is 9.97 Å². The predicted molar refractivity (Wildman–Crippen MR) is 215 cm³/mol. The molecule has 0 bridgehead atoms. The van der Waals surface area contributed by atoms with Crippen molar-refractivity contribution in [3.8, 4) is 56.8 Å². The van der Waals surface area contributed by atoms with Crippen LogP contribution in [0.1, 0.15) is 25.0 Å². The van der Waals surface area contributed by atoms with Crippen molar-refractivity contribution in [3.63, 3.8) is 0 Å². The van der Waals surface area contributed by atoms with Crippen LogP contribution in [0.4, 0.5) is 17.1 Å². The zero-order valence-corrected chi connectivity index (χ0v) is 29.5. The van der Waals surface area contributed by atoms with Crippen LogP contribution in [0, 0.1) is 0 Å². The van der Waals surface area contributed by atoms with E-state index in [0.717, 1.165) is 28.2 Å². The molecular formula is C48H36N4O. The van der Waals surface area contributed by atoms with E-state index in [9.17, 15) is 0 Å². The average Bonchev–Trinajstić information content (AvgIpc) is 3.22.